The number of carbonyl (C=O) groups is 1. The van der Waals surface area contributed by atoms with Crippen molar-refractivity contribution in [1.82, 2.24) is 0 Å². The van der Waals surface area contributed by atoms with Crippen molar-refractivity contribution in [3.63, 3.8) is 0 Å². The van der Waals surface area contributed by atoms with Crippen molar-refractivity contribution < 1.29 is 4.79 Å². The van der Waals surface area contributed by atoms with E-state index in [0.717, 1.165) is 27.9 Å². The third kappa shape index (κ3) is 6.49. The monoisotopic (exact) mass is 507 g/mol. The molecule has 0 aliphatic heterocycles. The van der Waals surface area contributed by atoms with Crippen LogP contribution in [0.25, 0.3) is 0 Å². The molecular weight excluding hydrogens is 482 g/mol. The molecule has 36 heavy (non-hydrogen) atoms. The zero-order chi connectivity index (χ0) is 25.5. The number of Topliss-reactive ketones (excluding diaryl/α,β-unsaturated/α-hetero) is 1. The fraction of sp³-hybridized carbons (Fsp3) is 0.125. The van der Waals surface area contributed by atoms with Gasteiger partial charge in [-0.3, -0.25) is 4.79 Å². The quantitative estimate of drug-likeness (QED) is 0.163. The predicted octanol–water partition coefficient (Wildman–Crippen LogP) is 8.03. The predicted molar refractivity (Wildman–Crippen MR) is 154 cm³/mol. The van der Waals surface area contributed by atoms with Crippen LogP contribution in [0.15, 0.2) is 103 Å². The summed E-state index contributed by atoms with van der Waals surface area (Å²) in [5.74, 6) is 5.38. The average Bonchev–Trinajstić information content (AvgIpc) is 2.89. The van der Waals surface area contributed by atoms with E-state index in [9.17, 15) is 4.79 Å². The zero-order valence-corrected chi connectivity index (χ0v) is 21.7. The second-order valence-corrected chi connectivity index (χ2v) is 9.60. The first kappa shape index (κ1) is 25.4. The highest BCUT2D eigenvalue weighted by molar-refractivity contribution is 7.80. The van der Waals surface area contributed by atoms with Crippen LogP contribution in [-0.2, 0) is 0 Å². The van der Waals surface area contributed by atoms with Crippen molar-refractivity contribution in [3.8, 4) is 11.8 Å². The van der Waals surface area contributed by atoms with Gasteiger partial charge in [0.1, 0.15) is 0 Å². The van der Waals surface area contributed by atoms with Crippen LogP contribution in [-0.4, -0.2) is 10.8 Å². The maximum absolute atomic E-state index is 14.0. The van der Waals surface area contributed by atoms with Crippen LogP contribution in [0.5, 0.6) is 0 Å². The molecule has 0 aliphatic carbocycles. The van der Waals surface area contributed by atoms with Gasteiger partial charge in [0, 0.05) is 21.8 Å². The zero-order valence-electron chi connectivity index (χ0n) is 20.2. The number of anilines is 1. The first-order valence-corrected chi connectivity index (χ1v) is 12.5. The number of ketones is 1. The molecule has 4 rings (SSSR count). The molecule has 4 aromatic rings. The minimum absolute atomic E-state index is 0.0819. The number of rotatable bonds is 6. The molecule has 0 heterocycles. The van der Waals surface area contributed by atoms with E-state index < -0.39 is 11.8 Å². The highest BCUT2D eigenvalue weighted by Gasteiger charge is 2.33. The Bertz CT molecular complexity index is 1400. The van der Waals surface area contributed by atoms with Crippen LogP contribution in [0.4, 0.5) is 5.69 Å². The molecule has 0 fully saturated rings. The van der Waals surface area contributed by atoms with Gasteiger partial charge in [-0.15, -0.1) is 0 Å². The van der Waals surface area contributed by atoms with E-state index in [1.165, 1.54) is 0 Å². The Morgan fingerprint density at radius 3 is 2.00 bits per heavy atom. The van der Waals surface area contributed by atoms with Gasteiger partial charge in [-0.1, -0.05) is 114 Å². The van der Waals surface area contributed by atoms with Gasteiger partial charge < -0.3 is 5.32 Å². The standard InChI is InChI=1S/C32H26ClNOS/c1-22-8-12-24(13-9-22)14-21-29(25-17-19-27(33)20-18-25)30(31(35)26-15-10-23(2)11-16-26)32(36)34-28-6-4-3-5-7-28/h3-13,15-20,29-30H,1-2H3,(H,34,36). The van der Waals surface area contributed by atoms with Gasteiger partial charge in [-0.2, -0.15) is 0 Å². The van der Waals surface area contributed by atoms with Crippen LogP contribution in [0.2, 0.25) is 5.02 Å². The third-order valence-electron chi connectivity index (χ3n) is 5.93. The van der Waals surface area contributed by atoms with Crippen LogP contribution < -0.4 is 5.32 Å². The first-order chi connectivity index (χ1) is 17.4. The van der Waals surface area contributed by atoms with Gasteiger partial charge in [0.15, 0.2) is 5.78 Å². The number of thiocarbonyl (C=S) groups is 1. The van der Waals surface area contributed by atoms with Gasteiger partial charge in [-0.05, 0) is 55.8 Å². The molecule has 178 valence electrons. The first-order valence-electron chi connectivity index (χ1n) is 11.7. The number of nitrogens with one attached hydrogen (secondary N) is 1. The van der Waals surface area contributed by atoms with Crippen molar-refractivity contribution in [2.24, 2.45) is 5.92 Å². The number of halogens is 1. The minimum Gasteiger partial charge on any atom is -0.349 e. The molecule has 4 aromatic carbocycles. The summed E-state index contributed by atoms with van der Waals surface area (Å²) >= 11 is 12.1. The van der Waals surface area contributed by atoms with E-state index in [-0.39, 0.29) is 5.78 Å². The van der Waals surface area contributed by atoms with Crippen molar-refractivity contribution in [1.29, 1.82) is 0 Å². The molecule has 0 saturated heterocycles. The topological polar surface area (TPSA) is 29.1 Å². The van der Waals surface area contributed by atoms with E-state index in [0.29, 0.717) is 15.6 Å². The van der Waals surface area contributed by atoms with Crippen molar-refractivity contribution >= 4 is 40.3 Å². The van der Waals surface area contributed by atoms with Gasteiger partial charge in [0.2, 0.25) is 0 Å². The SMILES string of the molecule is Cc1ccc(C#CC(c2ccc(Cl)cc2)C(C(=O)c2ccc(C)cc2)C(=S)Nc2ccccc2)cc1. The summed E-state index contributed by atoms with van der Waals surface area (Å²) in [4.78, 5) is 14.4. The Labute approximate surface area is 223 Å². The van der Waals surface area contributed by atoms with Gasteiger partial charge in [0.05, 0.1) is 16.8 Å². The van der Waals surface area contributed by atoms with Crippen molar-refractivity contribution in [2.75, 3.05) is 5.32 Å². The fourth-order valence-electron chi connectivity index (χ4n) is 3.89. The molecule has 0 aromatic heterocycles. The number of hydrogen-bond acceptors (Lipinski definition) is 2. The van der Waals surface area contributed by atoms with Crippen molar-refractivity contribution in [2.45, 2.75) is 19.8 Å². The second kappa shape index (κ2) is 11.8. The van der Waals surface area contributed by atoms with E-state index in [2.05, 4.69) is 17.2 Å². The van der Waals surface area contributed by atoms with E-state index >= 15 is 0 Å². The molecule has 2 unspecified atom stereocenters. The Balaban J connectivity index is 1.81. The van der Waals surface area contributed by atoms with Crippen LogP contribution in [0, 0.1) is 31.6 Å². The summed E-state index contributed by atoms with van der Waals surface area (Å²) < 4.78 is 0. The lowest BCUT2D eigenvalue weighted by Gasteiger charge is -2.25. The Kier molecular flexibility index (Phi) is 8.33. The van der Waals surface area contributed by atoms with Crippen LogP contribution in [0.1, 0.15) is 38.5 Å². The largest absolute Gasteiger partial charge is 0.349 e. The molecule has 2 atom stereocenters. The summed E-state index contributed by atoms with van der Waals surface area (Å²) in [6, 6.07) is 32.7. The number of carbonyl (C=O) groups excluding carboxylic acids is 1. The molecule has 0 saturated carbocycles. The number of aryl methyl sites for hydroxylation is 2. The third-order valence-corrected chi connectivity index (χ3v) is 6.54. The highest BCUT2D eigenvalue weighted by Crippen LogP contribution is 2.31. The average molecular weight is 508 g/mol. The molecule has 1 N–H and O–H groups in total. The minimum atomic E-state index is -0.706. The lowest BCUT2D eigenvalue weighted by Crippen LogP contribution is -2.33. The smallest absolute Gasteiger partial charge is 0.174 e. The lowest BCUT2D eigenvalue weighted by molar-refractivity contribution is 0.0949. The van der Waals surface area contributed by atoms with Crippen LogP contribution >= 0.6 is 23.8 Å². The highest BCUT2D eigenvalue weighted by atomic mass is 35.5. The summed E-state index contributed by atoms with van der Waals surface area (Å²) in [5, 5.41) is 3.91. The summed E-state index contributed by atoms with van der Waals surface area (Å²) in [5.41, 5.74) is 5.42. The normalized spacial score (nSPS) is 12.1. The van der Waals surface area contributed by atoms with E-state index in [1.54, 1.807) is 0 Å². The fourth-order valence-corrected chi connectivity index (χ4v) is 4.37. The molecule has 2 nitrogen and oxygen atoms in total. The number of hydrogen-bond donors (Lipinski definition) is 1. The van der Waals surface area contributed by atoms with E-state index in [1.807, 2.05) is 117 Å². The molecule has 0 spiro atoms. The Morgan fingerprint density at radius 2 is 1.39 bits per heavy atom. The Hall–Kier alpha value is -3.71. The number of benzene rings is 4. The molecular formula is C32H26ClNOS. The maximum atomic E-state index is 14.0. The van der Waals surface area contributed by atoms with E-state index in [4.69, 9.17) is 23.8 Å². The number of para-hydroxylation sites is 1. The van der Waals surface area contributed by atoms with Gasteiger partial charge in [-0.25, -0.2) is 0 Å². The second-order valence-electron chi connectivity index (χ2n) is 8.73. The summed E-state index contributed by atoms with van der Waals surface area (Å²) in [7, 11) is 0. The summed E-state index contributed by atoms with van der Waals surface area (Å²) in [6.07, 6.45) is 0. The lowest BCUT2D eigenvalue weighted by atomic mass is 9.81. The van der Waals surface area contributed by atoms with Crippen molar-refractivity contribution in [3.05, 3.63) is 136 Å². The summed E-state index contributed by atoms with van der Waals surface area (Å²) in [6.45, 7) is 4.04. The van der Waals surface area contributed by atoms with Gasteiger partial charge in [0.25, 0.3) is 0 Å². The molecule has 4 heteroatoms. The molecule has 0 bridgehead atoms. The van der Waals surface area contributed by atoms with Gasteiger partial charge >= 0.3 is 0 Å². The molecule has 0 aliphatic rings. The Morgan fingerprint density at radius 1 is 0.806 bits per heavy atom. The maximum Gasteiger partial charge on any atom is 0.174 e. The molecule has 0 radical (unpaired) electrons. The molecule has 0 amide bonds. The van der Waals surface area contributed by atoms with Crippen LogP contribution in [0.3, 0.4) is 0 Å².